The lowest BCUT2D eigenvalue weighted by Gasteiger charge is -2.31. The van der Waals surface area contributed by atoms with E-state index in [0.29, 0.717) is 5.92 Å². The van der Waals surface area contributed by atoms with Gasteiger partial charge in [-0.1, -0.05) is 42.0 Å². The summed E-state index contributed by atoms with van der Waals surface area (Å²) in [5.74, 6) is 0.439. The lowest BCUT2D eigenvalue weighted by atomic mass is 9.98. The molecule has 3 aromatic rings. The van der Waals surface area contributed by atoms with Crippen LogP contribution in [0.25, 0.3) is 16.3 Å². The van der Waals surface area contributed by atoms with E-state index in [1.54, 1.807) is 17.4 Å². The minimum atomic E-state index is 0.0939. The molecule has 1 aromatic heterocycles. The predicted octanol–water partition coefficient (Wildman–Crippen LogP) is 5.02. The first-order valence-corrected chi connectivity index (χ1v) is 9.90. The Bertz CT molecular complexity index is 909. The zero-order valence-electron chi connectivity index (χ0n) is 14.9. The van der Waals surface area contributed by atoms with Crippen molar-refractivity contribution in [3.63, 3.8) is 0 Å². The summed E-state index contributed by atoms with van der Waals surface area (Å²) in [6, 6.07) is 16.5. The first-order valence-electron chi connectivity index (χ1n) is 9.08. The molecule has 3 nitrogen and oxygen atoms in total. The van der Waals surface area contributed by atoms with Crippen LogP contribution < -0.4 is 0 Å². The summed E-state index contributed by atoms with van der Waals surface area (Å²) in [5.41, 5.74) is 3.35. The highest BCUT2D eigenvalue weighted by molar-refractivity contribution is 7.18. The Morgan fingerprint density at radius 3 is 2.81 bits per heavy atom. The molecule has 0 aliphatic carbocycles. The Morgan fingerprint density at radius 2 is 2.00 bits per heavy atom. The van der Waals surface area contributed by atoms with E-state index in [2.05, 4.69) is 37.3 Å². The second kappa shape index (κ2) is 7.42. The third-order valence-electron chi connectivity index (χ3n) is 4.89. The number of hydrogen-bond donors (Lipinski definition) is 0. The largest absolute Gasteiger partial charge is 0.338 e. The topological polar surface area (TPSA) is 33.2 Å². The van der Waals surface area contributed by atoms with Gasteiger partial charge < -0.3 is 4.90 Å². The van der Waals surface area contributed by atoms with Gasteiger partial charge >= 0.3 is 0 Å². The molecular weight excluding hydrogens is 340 g/mol. The maximum absolute atomic E-state index is 12.6. The Morgan fingerprint density at radius 1 is 1.19 bits per heavy atom. The van der Waals surface area contributed by atoms with Crippen molar-refractivity contribution in [3.8, 4) is 0 Å². The molecule has 0 radical (unpaired) electrons. The van der Waals surface area contributed by atoms with Crippen molar-refractivity contribution in [1.82, 2.24) is 9.88 Å². The van der Waals surface area contributed by atoms with Crippen molar-refractivity contribution in [2.75, 3.05) is 13.1 Å². The summed E-state index contributed by atoms with van der Waals surface area (Å²) in [6.45, 7) is 3.66. The Balaban J connectivity index is 1.45. The molecule has 0 N–H and O–H groups in total. The van der Waals surface area contributed by atoms with Crippen LogP contribution in [-0.2, 0) is 4.79 Å². The van der Waals surface area contributed by atoms with Crippen molar-refractivity contribution < 1.29 is 4.79 Å². The van der Waals surface area contributed by atoms with Crippen molar-refractivity contribution in [2.45, 2.75) is 25.7 Å². The number of fused-ring (bicyclic) bond motifs is 1. The van der Waals surface area contributed by atoms with Gasteiger partial charge in [0, 0.05) is 25.1 Å². The second-order valence-corrected chi connectivity index (χ2v) is 7.95. The fourth-order valence-corrected chi connectivity index (χ4v) is 4.49. The summed E-state index contributed by atoms with van der Waals surface area (Å²) < 4.78 is 1.23. The van der Waals surface area contributed by atoms with Crippen LogP contribution in [0, 0.1) is 6.92 Å². The van der Waals surface area contributed by atoms with Gasteiger partial charge in [0.25, 0.3) is 0 Å². The predicted molar refractivity (Wildman–Crippen MR) is 108 cm³/mol. The maximum atomic E-state index is 12.6. The molecule has 1 aliphatic rings. The molecule has 1 amide bonds. The number of likely N-dealkylation sites (tertiary alicyclic amines) is 1. The number of benzene rings is 2. The van der Waals surface area contributed by atoms with Crippen LogP contribution in [0.2, 0.25) is 0 Å². The zero-order valence-corrected chi connectivity index (χ0v) is 15.7. The van der Waals surface area contributed by atoms with Gasteiger partial charge in [-0.3, -0.25) is 4.79 Å². The number of hydrogen-bond acceptors (Lipinski definition) is 3. The molecule has 0 bridgehead atoms. The number of para-hydroxylation sites is 1. The van der Waals surface area contributed by atoms with Crippen molar-refractivity contribution in [2.24, 2.45) is 0 Å². The van der Waals surface area contributed by atoms with Gasteiger partial charge in [0.2, 0.25) is 5.91 Å². The van der Waals surface area contributed by atoms with E-state index in [4.69, 9.17) is 4.98 Å². The Kier molecular flexibility index (Phi) is 4.85. The van der Waals surface area contributed by atoms with Crippen LogP contribution in [0.3, 0.4) is 0 Å². The summed E-state index contributed by atoms with van der Waals surface area (Å²) in [6.07, 6.45) is 5.74. The van der Waals surface area contributed by atoms with Gasteiger partial charge in [-0.15, -0.1) is 11.3 Å². The van der Waals surface area contributed by atoms with Gasteiger partial charge in [0.05, 0.1) is 15.2 Å². The van der Waals surface area contributed by atoms with Gasteiger partial charge in [0.15, 0.2) is 0 Å². The molecule has 0 saturated carbocycles. The van der Waals surface area contributed by atoms with Crippen LogP contribution in [0.1, 0.15) is 34.9 Å². The number of nitrogens with zero attached hydrogens (tertiary/aromatic N) is 2. The maximum Gasteiger partial charge on any atom is 0.246 e. The van der Waals surface area contributed by atoms with E-state index in [9.17, 15) is 4.79 Å². The van der Waals surface area contributed by atoms with Crippen LogP contribution in [-0.4, -0.2) is 28.9 Å². The molecule has 0 unspecified atom stereocenters. The molecule has 1 fully saturated rings. The number of piperidine rings is 1. The van der Waals surface area contributed by atoms with Crippen molar-refractivity contribution in [3.05, 3.63) is 70.7 Å². The number of aryl methyl sites for hydroxylation is 1. The summed E-state index contributed by atoms with van der Waals surface area (Å²) >= 11 is 1.76. The van der Waals surface area contributed by atoms with Crippen LogP contribution >= 0.6 is 11.3 Å². The summed E-state index contributed by atoms with van der Waals surface area (Å²) in [4.78, 5) is 19.4. The van der Waals surface area contributed by atoms with Crippen molar-refractivity contribution in [1.29, 1.82) is 0 Å². The average Bonchev–Trinajstić information content (AvgIpc) is 3.12. The van der Waals surface area contributed by atoms with Crippen LogP contribution in [0.5, 0.6) is 0 Å². The summed E-state index contributed by atoms with van der Waals surface area (Å²) in [7, 11) is 0. The van der Waals surface area contributed by atoms with Crippen LogP contribution in [0.4, 0.5) is 0 Å². The van der Waals surface area contributed by atoms with Gasteiger partial charge in [-0.05, 0) is 43.5 Å². The highest BCUT2D eigenvalue weighted by Gasteiger charge is 2.25. The molecular formula is C22H22N2OS. The molecule has 4 heteroatoms. The van der Waals surface area contributed by atoms with E-state index in [1.165, 1.54) is 10.3 Å². The highest BCUT2D eigenvalue weighted by Crippen LogP contribution is 2.33. The number of thiazole rings is 1. The third-order valence-corrected chi connectivity index (χ3v) is 6.09. The molecule has 4 rings (SSSR count). The quantitative estimate of drug-likeness (QED) is 0.613. The fraction of sp³-hybridized carbons (Fsp3) is 0.273. The van der Waals surface area contributed by atoms with Gasteiger partial charge in [-0.2, -0.15) is 0 Å². The normalized spacial score (nSPS) is 17.9. The van der Waals surface area contributed by atoms with E-state index < -0.39 is 0 Å². The number of rotatable bonds is 3. The number of aromatic nitrogens is 1. The van der Waals surface area contributed by atoms with E-state index in [0.717, 1.165) is 42.0 Å². The monoisotopic (exact) mass is 362 g/mol. The third kappa shape index (κ3) is 3.70. The number of carbonyl (C=O) groups is 1. The minimum Gasteiger partial charge on any atom is -0.338 e. The fourth-order valence-electron chi connectivity index (χ4n) is 3.39. The molecule has 1 atom stereocenters. The van der Waals surface area contributed by atoms with Crippen LogP contribution in [0.15, 0.2) is 54.6 Å². The van der Waals surface area contributed by atoms with E-state index >= 15 is 0 Å². The standard InChI is InChI=1S/C22H22N2OS/c1-16-8-10-17(11-9-16)12-13-21(25)24-14-4-5-18(15-24)22-23-19-6-2-3-7-20(19)26-22/h2-3,6-13,18H,4-5,14-15H2,1H3/b13-12+/t18-/m1/s1. The molecule has 1 saturated heterocycles. The molecule has 2 heterocycles. The lowest BCUT2D eigenvalue weighted by molar-refractivity contribution is -0.127. The smallest absolute Gasteiger partial charge is 0.246 e. The Labute approximate surface area is 158 Å². The first kappa shape index (κ1) is 17.0. The molecule has 2 aromatic carbocycles. The molecule has 0 spiro atoms. The van der Waals surface area contributed by atoms with Gasteiger partial charge in [-0.25, -0.2) is 4.98 Å². The first-order chi connectivity index (χ1) is 12.7. The molecule has 1 aliphatic heterocycles. The lowest BCUT2D eigenvalue weighted by Crippen LogP contribution is -2.38. The van der Waals surface area contributed by atoms with Crippen molar-refractivity contribution >= 4 is 33.5 Å². The Hall–Kier alpha value is -2.46. The SMILES string of the molecule is Cc1ccc(/C=C/C(=O)N2CCC[C@@H](c3nc4ccccc4s3)C2)cc1. The van der Waals surface area contributed by atoms with E-state index in [-0.39, 0.29) is 5.91 Å². The molecule has 132 valence electrons. The number of amides is 1. The summed E-state index contributed by atoms with van der Waals surface area (Å²) in [5, 5.41) is 1.16. The average molecular weight is 362 g/mol. The highest BCUT2D eigenvalue weighted by atomic mass is 32.1. The zero-order chi connectivity index (χ0) is 17.9. The molecule has 26 heavy (non-hydrogen) atoms. The minimum absolute atomic E-state index is 0.0939. The van der Waals surface area contributed by atoms with Gasteiger partial charge in [0.1, 0.15) is 0 Å². The second-order valence-electron chi connectivity index (χ2n) is 6.89. The van der Waals surface area contributed by atoms with E-state index in [1.807, 2.05) is 29.2 Å². The number of carbonyl (C=O) groups excluding carboxylic acids is 1.